The maximum absolute atomic E-state index is 12.0. The fourth-order valence-electron chi connectivity index (χ4n) is 2.39. The molecule has 1 atom stereocenters. The molecule has 0 aliphatic rings. The zero-order chi connectivity index (χ0) is 15.6. The van der Waals surface area contributed by atoms with Crippen LogP contribution in [0, 0.1) is 6.92 Å². The lowest BCUT2D eigenvalue weighted by molar-refractivity contribution is 0.0502. The van der Waals surface area contributed by atoms with Gasteiger partial charge in [0.15, 0.2) is 0 Å². The summed E-state index contributed by atoms with van der Waals surface area (Å²) in [7, 11) is 0. The molecule has 4 nitrogen and oxygen atoms in total. The molecule has 0 spiro atoms. The van der Waals surface area contributed by atoms with E-state index < -0.39 is 5.60 Å². The van der Waals surface area contributed by atoms with Crippen LogP contribution >= 0.6 is 0 Å². The zero-order valence-electron chi connectivity index (χ0n) is 13.4. The lowest BCUT2D eigenvalue weighted by Gasteiger charge is -2.23. The van der Waals surface area contributed by atoms with Crippen LogP contribution in [0.25, 0.3) is 10.9 Å². The van der Waals surface area contributed by atoms with Crippen LogP contribution in [-0.4, -0.2) is 16.7 Å². The number of benzene rings is 1. The fraction of sp³-hybridized carbons (Fsp3) is 0.471. The van der Waals surface area contributed by atoms with Gasteiger partial charge in [-0.15, -0.1) is 0 Å². The number of carbonyl (C=O) groups excluding carboxylic acids is 1. The molecule has 0 saturated carbocycles. The number of carbonyl (C=O) groups is 1. The summed E-state index contributed by atoms with van der Waals surface area (Å²) in [5, 5.41) is 4.11. The second-order valence-electron chi connectivity index (χ2n) is 6.40. The van der Waals surface area contributed by atoms with Crippen LogP contribution in [0.5, 0.6) is 0 Å². The number of rotatable bonds is 3. The Balaban J connectivity index is 2.23. The third-order valence-corrected chi connectivity index (χ3v) is 3.34. The summed E-state index contributed by atoms with van der Waals surface area (Å²) < 4.78 is 5.34. The first kappa shape index (κ1) is 15.4. The van der Waals surface area contributed by atoms with Crippen molar-refractivity contribution in [3.63, 3.8) is 0 Å². The third-order valence-electron chi connectivity index (χ3n) is 3.34. The second-order valence-corrected chi connectivity index (χ2v) is 6.40. The Morgan fingerprint density at radius 2 is 2.10 bits per heavy atom. The van der Waals surface area contributed by atoms with Crippen molar-refractivity contribution in [3.8, 4) is 0 Å². The largest absolute Gasteiger partial charge is 0.444 e. The molecular formula is C17H24N2O2. The van der Waals surface area contributed by atoms with Gasteiger partial charge in [0.2, 0.25) is 0 Å². The van der Waals surface area contributed by atoms with Gasteiger partial charge in [-0.1, -0.05) is 18.6 Å². The summed E-state index contributed by atoms with van der Waals surface area (Å²) in [4.78, 5) is 15.2. The highest BCUT2D eigenvalue weighted by Gasteiger charge is 2.21. The van der Waals surface area contributed by atoms with Crippen LogP contribution < -0.4 is 5.32 Å². The number of H-pyrrole nitrogens is 1. The molecule has 0 bridgehead atoms. The Morgan fingerprint density at radius 1 is 1.38 bits per heavy atom. The predicted octanol–water partition coefficient (Wildman–Crippen LogP) is 4.45. The predicted molar refractivity (Wildman–Crippen MR) is 85.4 cm³/mol. The van der Waals surface area contributed by atoms with Gasteiger partial charge < -0.3 is 15.0 Å². The monoisotopic (exact) mass is 288 g/mol. The first-order valence-corrected chi connectivity index (χ1v) is 7.37. The van der Waals surface area contributed by atoms with Gasteiger partial charge in [-0.25, -0.2) is 4.79 Å². The van der Waals surface area contributed by atoms with E-state index in [-0.39, 0.29) is 12.1 Å². The van der Waals surface area contributed by atoms with Crippen molar-refractivity contribution in [2.75, 3.05) is 0 Å². The summed E-state index contributed by atoms with van der Waals surface area (Å²) >= 11 is 0. The number of hydrogen-bond donors (Lipinski definition) is 2. The normalized spacial score (nSPS) is 13.2. The molecule has 21 heavy (non-hydrogen) atoms. The second kappa shape index (κ2) is 5.80. The maximum Gasteiger partial charge on any atom is 0.408 e. The smallest absolute Gasteiger partial charge is 0.408 e. The maximum atomic E-state index is 12.0. The molecule has 1 heterocycles. The van der Waals surface area contributed by atoms with Crippen LogP contribution in [0.2, 0.25) is 0 Å². The van der Waals surface area contributed by atoms with Crippen LogP contribution in [0.1, 0.15) is 51.3 Å². The first-order valence-electron chi connectivity index (χ1n) is 7.37. The van der Waals surface area contributed by atoms with E-state index in [9.17, 15) is 4.79 Å². The molecule has 1 unspecified atom stereocenters. The van der Waals surface area contributed by atoms with Gasteiger partial charge in [-0.05, 0) is 51.8 Å². The molecule has 0 saturated heterocycles. The number of fused-ring (bicyclic) bond motifs is 1. The van der Waals surface area contributed by atoms with Gasteiger partial charge in [0, 0.05) is 17.1 Å². The topological polar surface area (TPSA) is 54.1 Å². The van der Waals surface area contributed by atoms with Gasteiger partial charge in [0.1, 0.15) is 5.60 Å². The van der Waals surface area contributed by atoms with Crippen LogP contribution in [0.15, 0.2) is 24.4 Å². The Kier molecular flexibility index (Phi) is 4.26. The summed E-state index contributed by atoms with van der Waals surface area (Å²) in [5.74, 6) is 0. The number of ether oxygens (including phenoxy) is 1. The molecule has 1 amide bonds. The third kappa shape index (κ3) is 3.78. The number of amides is 1. The average Bonchev–Trinajstić information content (AvgIpc) is 2.76. The minimum Gasteiger partial charge on any atom is -0.444 e. The molecule has 114 valence electrons. The molecule has 2 rings (SSSR count). The lowest BCUT2D eigenvalue weighted by Crippen LogP contribution is -2.34. The Hall–Kier alpha value is -1.97. The molecule has 0 aliphatic carbocycles. The standard InChI is InChI=1S/C17H24N2O2/c1-6-14(19-16(20)21-17(3,4)5)13-10-18-15-8-7-11(2)9-12(13)15/h7-10,14,18H,6H2,1-5H3,(H,19,20). The number of aromatic amines is 1. The highest BCUT2D eigenvalue weighted by Crippen LogP contribution is 2.27. The molecule has 0 fully saturated rings. The quantitative estimate of drug-likeness (QED) is 0.876. The highest BCUT2D eigenvalue weighted by atomic mass is 16.6. The van der Waals surface area contributed by atoms with Crippen LogP contribution in [-0.2, 0) is 4.74 Å². The number of hydrogen-bond acceptors (Lipinski definition) is 2. The Morgan fingerprint density at radius 3 is 2.71 bits per heavy atom. The fourth-order valence-corrected chi connectivity index (χ4v) is 2.39. The molecule has 0 radical (unpaired) electrons. The first-order chi connectivity index (χ1) is 9.80. The lowest BCUT2D eigenvalue weighted by atomic mass is 10.0. The zero-order valence-corrected chi connectivity index (χ0v) is 13.4. The van der Waals surface area contributed by atoms with E-state index in [1.165, 1.54) is 5.56 Å². The number of aryl methyl sites for hydroxylation is 1. The van der Waals surface area contributed by atoms with Gasteiger partial charge in [-0.2, -0.15) is 0 Å². The summed E-state index contributed by atoms with van der Waals surface area (Å²) in [5.41, 5.74) is 2.90. The molecule has 1 aromatic heterocycles. The molecule has 1 aromatic carbocycles. The molecule has 2 aromatic rings. The van der Waals surface area contributed by atoms with E-state index in [4.69, 9.17) is 4.74 Å². The Labute approximate surface area is 125 Å². The van der Waals surface area contributed by atoms with Crippen LogP contribution in [0.4, 0.5) is 4.79 Å². The average molecular weight is 288 g/mol. The van der Waals surface area contributed by atoms with Crippen molar-refractivity contribution in [1.29, 1.82) is 0 Å². The van der Waals surface area contributed by atoms with E-state index in [1.807, 2.05) is 27.0 Å². The van der Waals surface area contributed by atoms with E-state index >= 15 is 0 Å². The van der Waals surface area contributed by atoms with E-state index in [1.54, 1.807) is 0 Å². The Bertz CT molecular complexity index is 638. The van der Waals surface area contributed by atoms with E-state index in [2.05, 4.69) is 42.3 Å². The van der Waals surface area contributed by atoms with Crippen molar-refractivity contribution in [3.05, 3.63) is 35.5 Å². The highest BCUT2D eigenvalue weighted by molar-refractivity contribution is 5.85. The number of aromatic nitrogens is 1. The van der Waals surface area contributed by atoms with Gasteiger partial charge in [0.25, 0.3) is 0 Å². The molecule has 0 aliphatic heterocycles. The van der Waals surface area contributed by atoms with Crippen molar-refractivity contribution < 1.29 is 9.53 Å². The van der Waals surface area contributed by atoms with Crippen molar-refractivity contribution >= 4 is 17.0 Å². The number of nitrogens with one attached hydrogen (secondary N) is 2. The summed E-state index contributed by atoms with van der Waals surface area (Å²) in [6.07, 6.45) is 2.40. The summed E-state index contributed by atoms with van der Waals surface area (Å²) in [6, 6.07) is 6.22. The minimum absolute atomic E-state index is 0.0598. The van der Waals surface area contributed by atoms with Crippen molar-refractivity contribution in [2.24, 2.45) is 0 Å². The molecular weight excluding hydrogens is 264 g/mol. The molecule has 4 heteroatoms. The number of alkyl carbamates (subject to hydrolysis) is 1. The van der Waals surface area contributed by atoms with Crippen molar-refractivity contribution in [2.45, 2.75) is 52.7 Å². The van der Waals surface area contributed by atoms with E-state index in [0.29, 0.717) is 0 Å². The SMILES string of the molecule is CCC(NC(=O)OC(C)(C)C)c1c[nH]c2ccc(C)cc12. The minimum atomic E-state index is -0.487. The van der Waals surface area contributed by atoms with Gasteiger partial charge in [-0.3, -0.25) is 0 Å². The molecule has 2 N–H and O–H groups in total. The summed E-state index contributed by atoms with van der Waals surface area (Å²) in [6.45, 7) is 9.71. The van der Waals surface area contributed by atoms with Crippen molar-refractivity contribution in [1.82, 2.24) is 10.3 Å². The van der Waals surface area contributed by atoms with Gasteiger partial charge >= 0.3 is 6.09 Å². The van der Waals surface area contributed by atoms with E-state index in [0.717, 1.165) is 22.9 Å². The van der Waals surface area contributed by atoms with Gasteiger partial charge in [0.05, 0.1) is 6.04 Å². The van der Waals surface area contributed by atoms with Crippen LogP contribution in [0.3, 0.4) is 0 Å².